The van der Waals surface area contributed by atoms with Gasteiger partial charge in [-0.05, 0) is 43.5 Å². The maximum atomic E-state index is 13.6. The number of hydrazone groups is 1. The van der Waals surface area contributed by atoms with Crippen molar-refractivity contribution in [2.75, 3.05) is 7.11 Å². The van der Waals surface area contributed by atoms with Gasteiger partial charge in [-0.15, -0.1) is 0 Å². The van der Waals surface area contributed by atoms with Crippen LogP contribution in [0.4, 0.5) is 13.2 Å². The van der Waals surface area contributed by atoms with E-state index in [9.17, 15) is 23.1 Å². The molecule has 5 nitrogen and oxygen atoms in total. The number of carbonyl (C=O) groups is 1. The topological polar surface area (TPSA) is 62.1 Å². The van der Waals surface area contributed by atoms with E-state index < -0.39 is 23.7 Å². The average Bonchev–Trinajstić information content (AvgIpc) is 2.89. The summed E-state index contributed by atoms with van der Waals surface area (Å²) in [7, 11) is 1.44. The molecule has 1 aromatic carbocycles. The highest BCUT2D eigenvalue weighted by Gasteiger charge is 2.68. The van der Waals surface area contributed by atoms with E-state index in [4.69, 9.17) is 4.74 Å². The third kappa shape index (κ3) is 2.45. The molecule has 1 saturated carbocycles. The van der Waals surface area contributed by atoms with Crippen molar-refractivity contribution in [1.29, 1.82) is 0 Å². The van der Waals surface area contributed by atoms with Crippen molar-refractivity contribution in [2.24, 2.45) is 11.0 Å². The molecule has 1 aliphatic heterocycles. The Morgan fingerprint density at radius 2 is 2.00 bits per heavy atom. The number of hydrogen-bond acceptors (Lipinski definition) is 4. The van der Waals surface area contributed by atoms with Crippen LogP contribution < -0.4 is 4.74 Å². The number of halogens is 3. The number of fused-ring (bicyclic) bond motifs is 1. The molecule has 1 aromatic rings. The highest BCUT2D eigenvalue weighted by molar-refractivity contribution is 5.99. The van der Waals surface area contributed by atoms with E-state index in [1.54, 1.807) is 0 Å². The molecule has 2 aliphatic rings. The van der Waals surface area contributed by atoms with Crippen LogP contribution in [0.5, 0.6) is 5.75 Å². The molecule has 0 bridgehead atoms. The Balaban J connectivity index is 1.99. The van der Waals surface area contributed by atoms with E-state index >= 15 is 0 Å². The lowest BCUT2D eigenvalue weighted by molar-refractivity contribution is -0.312. The van der Waals surface area contributed by atoms with Gasteiger partial charge in [-0.25, -0.2) is 0 Å². The molecule has 130 valence electrons. The zero-order valence-electron chi connectivity index (χ0n) is 13.0. The molecule has 1 fully saturated rings. The van der Waals surface area contributed by atoms with Crippen molar-refractivity contribution < 1.29 is 27.8 Å². The van der Waals surface area contributed by atoms with E-state index in [0.717, 1.165) is 0 Å². The fourth-order valence-electron chi connectivity index (χ4n) is 3.27. The summed E-state index contributed by atoms with van der Waals surface area (Å²) in [5.41, 5.74) is -3.05. The third-order valence-corrected chi connectivity index (χ3v) is 4.56. The molecule has 2 atom stereocenters. The number of methoxy groups -OCH3 is 1. The Morgan fingerprint density at radius 3 is 2.58 bits per heavy atom. The largest absolute Gasteiger partial charge is 0.497 e. The van der Waals surface area contributed by atoms with Crippen molar-refractivity contribution in [3.8, 4) is 5.75 Å². The van der Waals surface area contributed by atoms with Gasteiger partial charge >= 0.3 is 6.18 Å². The number of ether oxygens (including phenoxy) is 1. The number of alkyl halides is 3. The molecule has 0 radical (unpaired) electrons. The second-order valence-electron chi connectivity index (χ2n) is 5.96. The molecular weight excluding hydrogens is 325 g/mol. The first-order chi connectivity index (χ1) is 11.3. The van der Waals surface area contributed by atoms with E-state index in [0.29, 0.717) is 25.0 Å². The fraction of sp³-hybridized carbons (Fsp3) is 0.500. The second-order valence-corrected chi connectivity index (χ2v) is 5.96. The standard InChI is InChI=1S/C16H17F3N2O3/c1-24-11-8-6-10(7-9-11)14(22)21-15(23,16(17,18)19)12-4-2-3-5-13(12)20-21/h6-9,12,23H,2-5H2,1H3/t12-,15-/m0/s1. The molecule has 1 N–H and O–H groups in total. The van der Waals surface area contributed by atoms with Crippen molar-refractivity contribution in [3.05, 3.63) is 29.8 Å². The smallest absolute Gasteiger partial charge is 0.439 e. The Morgan fingerprint density at radius 1 is 1.33 bits per heavy atom. The van der Waals surface area contributed by atoms with Crippen LogP contribution in [0.25, 0.3) is 0 Å². The first kappa shape index (κ1) is 16.8. The van der Waals surface area contributed by atoms with E-state index in [2.05, 4.69) is 5.10 Å². The van der Waals surface area contributed by atoms with Gasteiger partial charge in [0.05, 0.1) is 13.0 Å². The number of hydrogen-bond donors (Lipinski definition) is 1. The summed E-state index contributed by atoms with van der Waals surface area (Å²) in [5.74, 6) is -1.72. The van der Waals surface area contributed by atoms with Gasteiger partial charge in [0.1, 0.15) is 5.75 Å². The monoisotopic (exact) mass is 342 g/mol. The van der Waals surface area contributed by atoms with Crippen molar-refractivity contribution in [2.45, 2.75) is 37.6 Å². The lowest BCUT2D eigenvalue weighted by Crippen LogP contribution is -2.61. The number of aliphatic hydroxyl groups is 1. The molecule has 0 unspecified atom stereocenters. The summed E-state index contributed by atoms with van der Waals surface area (Å²) in [6.07, 6.45) is -3.22. The summed E-state index contributed by atoms with van der Waals surface area (Å²) in [6.45, 7) is 0. The summed E-state index contributed by atoms with van der Waals surface area (Å²) in [5, 5.41) is 14.5. The molecular formula is C16H17F3N2O3. The minimum Gasteiger partial charge on any atom is -0.497 e. The van der Waals surface area contributed by atoms with Crippen LogP contribution in [-0.4, -0.2) is 40.7 Å². The maximum absolute atomic E-state index is 13.6. The van der Waals surface area contributed by atoms with Crippen LogP contribution in [0.1, 0.15) is 36.0 Å². The molecule has 24 heavy (non-hydrogen) atoms. The third-order valence-electron chi connectivity index (χ3n) is 4.56. The maximum Gasteiger partial charge on any atom is 0.439 e. The second kappa shape index (κ2) is 5.77. The highest BCUT2D eigenvalue weighted by Crippen LogP contribution is 2.48. The normalized spacial score (nSPS) is 26.8. The van der Waals surface area contributed by atoms with Gasteiger partial charge in [-0.3, -0.25) is 4.79 Å². The first-order valence-corrected chi connectivity index (χ1v) is 7.64. The minimum atomic E-state index is -5.00. The Hall–Kier alpha value is -2.09. The molecule has 1 heterocycles. The van der Waals surface area contributed by atoms with E-state index in [1.807, 2.05) is 0 Å². The minimum absolute atomic E-state index is 0.00136. The number of nitrogens with zero attached hydrogens (tertiary/aromatic N) is 2. The van der Waals surface area contributed by atoms with Crippen LogP contribution in [-0.2, 0) is 0 Å². The van der Waals surface area contributed by atoms with Gasteiger partial charge in [-0.2, -0.15) is 23.3 Å². The number of amides is 1. The summed E-state index contributed by atoms with van der Waals surface area (Å²) >= 11 is 0. The highest BCUT2D eigenvalue weighted by atomic mass is 19.4. The van der Waals surface area contributed by atoms with Crippen LogP contribution >= 0.6 is 0 Å². The van der Waals surface area contributed by atoms with Gasteiger partial charge in [-0.1, -0.05) is 6.42 Å². The summed E-state index contributed by atoms with van der Waals surface area (Å²) in [6, 6.07) is 5.63. The fourth-order valence-corrected chi connectivity index (χ4v) is 3.27. The number of benzene rings is 1. The van der Waals surface area contributed by atoms with E-state index in [1.165, 1.54) is 31.4 Å². The predicted octanol–water partition coefficient (Wildman–Crippen LogP) is 2.95. The van der Waals surface area contributed by atoms with Gasteiger partial charge in [0.25, 0.3) is 11.6 Å². The molecule has 1 aliphatic carbocycles. The molecule has 8 heteroatoms. The van der Waals surface area contributed by atoms with Gasteiger partial charge in [0.2, 0.25) is 0 Å². The van der Waals surface area contributed by atoms with Crippen LogP contribution in [0.3, 0.4) is 0 Å². The van der Waals surface area contributed by atoms with Crippen LogP contribution in [0.15, 0.2) is 29.4 Å². The van der Waals surface area contributed by atoms with Crippen LogP contribution in [0, 0.1) is 5.92 Å². The van der Waals surface area contributed by atoms with Gasteiger partial charge in [0, 0.05) is 11.3 Å². The van der Waals surface area contributed by atoms with E-state index in [-0.39, 0.29) is 22.7 Å². The Labute approximate surface area is 136 Å². The Kier molecular flexibility index (Phi) is 4.03. The summed E-state index contributed by atoms with van der Waals surface area (Å²) < 4.78 is 45.8. The molecule has 0 spiro atoms. The number of rotatable bonds is 2. The lowest BCUT2D eigenvalue weighted by Gasteiger charge is -2.38. The average molecular weight is 342 g/mol. The quantitative estimate of drug-likeness (QED) is 0.899. The molecule has 1 amide bonds. The molecule has 0 aromatic heterocycles. The molecule has 0 saturated heterocycles. The summed E-state index contributed by atoms with van der Waals surface area (Å²) in [4.78, 5) is 12.6. The molecule has 3 rings (SSSR count). The number of carbonyl (C=O) groups excluding carboxylic acids is 1. The zero-order valence-corrected chi connectivity index (χ0v) is 13.0. The van der Waals surface area contributed by atoms with Crippen LogP contribution in [0.2, 0.25) is 0 Å². The lowest BCUT2D eigenvalue weighted by atomic mass is 9.80. The van der Waals surface area contributed by atoms with Gasteiger partial charge < -0.3 is 9.84 Å². The van der Waals surface area contributed by atoms with Crippen molar-refractivity contribution in [3.63, 3.8) is 0 Å². The van der Waals surface area contributed by atoms with Gasteiger partial charge in [0.15, 0.2) is 0 Å². The SMILES string of the molecule is COc1ccc(C(=O)N2N=C3CCCC[C@@H]3[C@]2(O)C(F)(F)F)cc1. The Bertz CT molecular complexity index is 672. The predicted molar refractivity (Wildman–Crippen MR) is 79.6 cm³/mol. The van der Waals surface area contributed by atoms with Crippen molar-refractivity contribution >= 4 is 11.6 Å². The zero-order chi connectivity index (χ0) is 17.5. The van der Waals surface area contributed by atoms with Crippen molar-refractivity contribution in [1.82, 2.24) is 5.01 Å². The first-order valence-electron chi connectivity index (χ1n) is 7.64.